The van der Waals surface area contributed by atoms with Crippen LogP contribution >= 0.6 is 0 Å². The molecule has 0 aliphatic heterocycles. The van der Waals surface area contributed by atoms with Gasteiger partial charge in [-0.15, -0.1) is 6.58 Å². The molecule has 0 radical (unpaired) electrons. The van der Waals surface area contributed by atoms with E-state index in [9.17, 15) is 0 Å². The Hall–Kier alpha value is -0.0831. The fraction of sp³-hybridized carbons (Fsp3) is 0.778. The van der Waals surface area contributed by atoms with Crippen LogP contribution in [0.15, 0.2) is 12.7 Å². The molecular weight excluding hydrogens is 152 g/mol. The topological polar surface area (TPSA) is 9.23 Å². The molecule has 1 nitrogen and oxygen atoms in total. The average molecular weight is 172 g/mol. The van der Waals surface area contributed by atoms with E-state index in [1.54, 1.807) is 7.11 Å². The van der Waals surface area contributed by atoms with Crippen molar-refractivity contribution < 1.29 is 4.74 Å². The van der Waals surface area contributed by atoms with E-state index in [1.165, 1.54) is 10.2 Å². The van der Waals surface area contributed by atoms with Gasteiger partial charge < -0.3 is 4.74 Å². The average Bonchev–Trinajstić information content (AvgIpc) is 1.87. The Morgan fingerprint density at radius 3 is 2.45 bits per heavy atom. The number of methoxy groups -OCH3 is 1. The second-order valence-electron chi connectivity index (χ2n) is 3.96. The van der Waals surface area contributed by atoms with Gasteiger partial charge in [-0.1, -0.05) is 19.9 Å². The van der Waals surface area contributed by atoms with E-state index in [0.717, 1.165) is 12.8 Å². The maximum atomic E-state index is 5.40. The van der Waals surface area contributed by atoms with Gasteiger partial charge in [-0.3, -0.25) is 0 Å². The van der Waals surface area contributed by atoms with Gasteiger partial charge >= 0.3 is 0 Å². The van der Waals surface area contributed by atoms with E-state index < -0.39 is 0 Å². The highest BCUT2D eigenvalue weighted by Gasteiger charge is 2.22. The van der Waals surface area contributed by atoms with E-state index in [1.807, 2.05) is 6.08 Å². The number of ether oxygens (including phenoxy) is 1. The summed E-state index contributed by atoms with van der Waals surface area (Å²) in [5.74, 6) is 0. The van der Waals surface area contributed by atoms with Gasteiger partial charge in [0.25, 0.3) is 0 Å². The van der Waals surface area contributed by atoms with Crippen LogP contribution in [0.3, 0.4) is 0 Å². The summed E-state index contributed by atoms with van der Waals surface area (Å²) in [6.45, 7) is 8.23. The third-order valence-electron chi connectivity index (χ3n) is 1.88. The summed E-state index contributed by atoms with van der Waals surface area (Å²) >= 11 is 0. The van der Waals surface area contributed by atoms with Gasteiger partial charge in [-0.25, -0.2) is 0 Å². The van der Waals surface area contributed by atoms with Gasteiger partial charge in [0, 0.05) is 17.4 Å². The van der Waals surface area contributed by atoms with Crippen LogP contribution in [0.25, 0.3) is 0 Å². The fourth-order valence-electron chi connectivity index (χ4n) is 1.17. The first-order chi connectivity index (χ1) is 5.02. The van der Waals surface area contributed by atoms with Crippen LogP contribution in [0.2, 0.25) is 5.04 Å². The minimum absolute atomic E-state index is 0.387. The van der Waals surface area contributed by atoms with Crippen LogP contribution in [0.5, 0.6) is 0 Å². The molecule has 66 valence electrons. The molecule has 1 atom stereocenters. The van der Waals surface area contributed by atoms with Gasteiger partial charge in [0.05, 0.1) is 6.10 Å². The first-order valence-corrected chi connectivity index (χ1v) is 5.16. The van der Waals surface area contributed by atoms with E-state index in [2.05, 4.69) is 20.4 Å². The van der Waals surface area contributed by atoms with Crippen LogP contribution in [0.1, 0.15) is 26.7 Å². The summed E-state index contributed by atoms with van der Waals surface area (Å²) in [6.07, 6.45) is 4.53. The molecule has 0 aliphatic carbocycles. The predicted octanol–water partition coefficient (Wildman–Crippen LogP) is 1.53. The van der Waals surface area contributed by atoms with Crippen molar-refractivity contribution in [3.8, 4) is 0 Å². The molecule has 0 bridgehead atoms. The number of rotatable bonds is 5. The number of hydrogen-bond donors (Lipinski definition) is 0. The lowest BCUT2D eigenvalue weighted by Gasteiger charge is -2.29. The highest BCUT2D eigenvalue weighted by Crippen LogP contribution is 2.29. The van der Waals surface area contributed by atoms with E-state index >= 15 is 0 Å². The van der Waals surface area contributed by atoms with Crippen LogP contribution in [0, 0.1) is 0 Å². The zero-order chi connectivity index (χ0) is 8.91. The first kappa shape index (κ1) is 10.9. The highest BCUT2D eigenvalue weighted by atomic mass is 28.1. The SMILES string of the molecule is C=CCCC(OC)C(C)(C)[SiH3]. The van der Waals surface area contributed by atoms with Crippen molar-refractivity contribution in [2.45, 2.75) is 37.8 Å². The molecular formula is C9H20OSi. The Morgan fingerprint density at radius 2 is 2.18 bits per heavy atom. The third kappa shape index (κ3) is 4.38. The van der Waals surface area contributed by atoms with Crippen molar-refractivity contribution in [1.82, 2.24) is 0 Å². The van der Waals surface area contributed by atoms with E-state index in [0.29, 0.717) is 11.1 Å². The molecule has 0 rings (SSSR count). The Bertz CT molecular complexity index is 115. The molecule has 0 aromatic heterocycles. The predicted molar refractivity (Wildman–Crippen MR) is 54.2 cm³/mol. The lowest BCUT2D eigenvalue weighted by atomic mass is 10.0. The lowest BCUT2D eigenvalue weighted by molar-refractivity contribution is 0.0663. The molecule has 0 aliphatic rings. The Morgan fingerprint density at radius 1 is 1.64 bits per heavy atom. The molecule has 0 amide bonds. The molecule has 0 heterocycles. The van der Waals surface area contributed by atoms with Crippen molar-refractivity contribution in [3.63, 3.8) is 0 Å². The number of hydrogen-bond acceptors (Lipinski definition) is 1. The second-order valence-corrected chi connectivity index (χ2v) is 6.53. The number of allylic oxidation sites excluding steroid dienone is 1. The monoisotopic (exact) mass is 172 g/mol. The van der Waals surface area contributed by atoms with Gasteiger partial charge in [0.2, 0.25) is 0 Å². The lowest BCUT2D eigenvalue weighted by Crippen LogP contribution is -2.25. The summed E-state index contributed by atoms with van der Waals surface area (Å²) in [5.41, 5.74) is 0. The Balaban J connectivity index is 3.85. The molecule has 0 aromatic carbocycles. The fourth-order valence-corrected chi connectivity index (χ4v) is 1.70. The van der Waals surface area contributed by atoms with Crippen LogP contribution < -0.4 is 0 Å². The molecule has 2 heteroatoms. The van der Waals surface area contributed by atoms with Crippen molar-refractivity contribution in [1.29, 1.82) is 0 Å². The molecule has 0 aromatic rings. The summed E-state index contributed by atoms with van der Waals surface area (Å²) < 4.78 is 5.40. The highest BCUT2D eigenvalue weighted by molar-refractivity contribution is 6.15. The normalized spacial score (nSPS) is 14.8. The van der Waals surface area contributed by atoms with Crippen molar-refractivity contribution in [2.75, 3.05) is 7.11 Å². The quantitative estimate of drug-likeness (QED) is 0.451. The smallest absolute Gasteiger partial charge is 0.0592 e. The van der Waals surface area contributed by atoms with E-state index in [4.69, 9.17) is 4.74 Å². The van der Waals surface area contributed by atoms with Gasteiger partial charge in [-0.2, -0.15) is 0 Å². The molecule has 0 saturated heterocycles. The van der Waals surface area contributed by atoms with Crippen molar-refractivity contribution >= 4 is 10.2 Å². The first-order valence-electron chi connectivity index (χ1n) is 4.16. The zero-order valence-electron chi connectivity index (χ0n) is 8.18. The van der Waals surface area contributed by atoms with Crippen LogP contribution in [0.4, 0.5) is 0 Å². The van der Waals surface area contributed by atoms with Crippen molar-refractivity contribution in [2.24, 2.45) is 0 Å². The van der Waals surface area contributed by atoms with Crippen molar-refractivity contribution in [3.05, 3.63) is 12.7 Å². The summed E-state index contributed by atoms with van der Waals surface area (Å²) in [6, 6.07) is 0. The summed E-state index contributed by atoms with van der Waals surface area (Å²) in [4.78, 5) is 0. The Labute approximate surface area is 73.3 Å². The second kappa shape index (κ2) is 4.73. The third-order valence-corrected chi connectivity index (χ3v) is 2.53. The molecule has 0 fully saturated rings. The van der Waals surface area contributed by atoms with E-state index in [-0.39, 0.29) is 0 Å². The summed E-state index contributed by atoms with van der Waals surface area (Å²) in [7, 11) is 2.98. The van der Waals surface area contributed by atoms with Crippen LogP contribution in [-0.4, -0.2) is 23.5 Å². The largest absolute Gasteiger partial charge is 0.381 e. The van der Waals surface area contributed by atoms with Gasteiger partial charge in [-0.05, 0) is 17.9 Å². The zero-order valence-corrected chi connectivity index (χ0v) is 10.2. The summed E-state index contributed by atoms with van der Waals surface area (Å²) in [5, 5.41) is 0.387. The molecule has 11 heavy (non-hydrogen) atoms. The maximum absolute atomic E-state index is 5.40. The van der Waals surface area contributed by atoms with Gasteiger partial charge in [0.1, 0.15) is 0 Å². The standard InChI is InChI=1S/C9H20OSi/c1-5-6-7-8(10-4)9(2,3)11/h5,8H,1,6-7H2,2-4,11H3. The molecule has 0 N–H and O–H groups in total. The molecule has 1 unspecified atom stereocenters. The van der Waals surface area contributed by atoms with Crippen LogP contribution in [-0.2, 0) is 4.74 Å². The molecule has 0 spiro atoms. The Kier molecular flexibility index (Phi) is 4.69. The minimum atomic E-state index is 0.387. The molecule has 0 saturated carbocycles. The minimum Gasteiger partial charge on any atom is -0.381 e. The van der Waals surface area contributed by atoms with Gasteiger partial charge in [0.15, 0.2) is 0 Å². The maximum Gasteiger partial charge on any atom is 0.0592 e.